The highest BCUT2D eigenvalue weighted by molar-refractivity contribution is 7.91. The van der Waals surface area contributed by atoms with Crippen LogP contribution >= 0.6 is 23.7 Å². The van der Waals surface area contributed by atoms with Crippen LogP contribution in [0, 0.1) is 12.8 Å². The molecule has 26 heavy (non-hydrogen) atoms. The van der Waals surface area contributed by atoms with Gasteiger partial charge in [-0.3, -0.25) is 4.79 Å². The summed E-state index contributed by atoms with van der Waals surface area (Å²) in [6, 6.07) is 3.89. The Morgan fingerprint density at radius 2 is 2.00 bits per heavy atom. The van der Waals surface area contributed by atoms with Crippen LogP contribution < -0.4 is 5.32 Å². The summed E-state index contributed by atoms with van der Waals surface area (Å²) in [6.07, 6.45) is 1.50. The first-order chi connectivity index (χ1) is 11.8. The van der Waals surface area contributed by atoms with Crippen molar-refractivity contribution in [1.29, 1.82) is 0 Å². The highest BCUT2D eigenvalue weighted by Gasteiger charge is 2.38. The molecule has 1 amide bonds. The molecule has 3 unspecified atom stereocenters. The van der Waals surface area contributed by atoms with Crippen LogP contribution in [0.2, 0.25) is 0 Å². The number of rotatable bonds is 3. The van der Waals surface area contributed by atoms with E-state index in [2.05, 4.69) is 19.2 Å². The van der Waals surface area contributed by atoms with Gasteiger partial charge in [0.15, 0.2) is 0 Å². The fourth-order valence-corrected chi connectivity index (χ4v) is 6.60. The van der Waals surface area contributed by atoms with E-state index in [9.17, 15) is 13.2 Å². The molecule has 9 heteroatoms. The Kier molecular flexibility index (Phi) is 7.12. The number of nitrogens with zero attached hydrogens (tertiary/aromatic N) is 2. The summed E-state index contributed by atoms with van der Waals surface area (Å²) in [5.41, 5.74) is 0. The largest absolute Gasteiger partial charge is 0.337 e. The molecule has 148 valence electrons. The molecule has 3 atom stereocenters. The second-order valence-electron chi connectivity index (χ2n) is 7.08. The van der Waals surface area contributed by atoms with Crippen molar-refractivity contribution in [1.82, 2.24) is 14.5 Å². The normalized spacial score (nSPS) is 27.8. The molecule has 6 nitrogen and oxygen atoms in total. The Morgan fingerprint density at radius 1 is 1.27 bits per heavy atom. The van der Waals surface area contributed by atoms with Crippen molar-refractivity contribution >= 4 is 39.7 Å². The Bertz CT molecular complexity index is 737. The van der Waals surface area contributed by atoms with Crippen molar-refractivity contribution in [3.8, 4) is 0 Å². The highest BCUT2D eigenvalue weighted by Crippen LogP contribution is 2.29. The van der Waals surface area contributed by atoms with Crippen LogP contribution in [0.25, 0.3) is 0 Å². The van der Waals surface area contributed by atoms with E-state index in [0.717, 1.165) is 24.3 Å². The van der Waals surface area contributed by atoms with Crippen LogP contribution in [0.5, 0.6) is 0 Å². The number of amides is 1. The molecule has 1 aromatic rings. The van der Waals surface area contributed by atoms with E-state index in [4.69, 9.17) is 0 Å². The lowest BCUT2D eigenvalue weighted by atomic mass is 9.96. The number of sulfonamides is 1. The molecule has 1 aromatic heterocycles. The minimum atomic E-state index is -3.49. The molecule has 3 heterocycles. The van der Waals surface area contributed by atoms with Crippen LogP contribution in [-0.2, 0) is 14.8 Å². The zero-order valence-electron chi connectivity index (χ0n) is 15.5. The molecule has 0 saturated carbocycles. The van der Waals surface area contributed by atoms with E-state index in [1.165, 1.54) is 15.6 Å². The molecule has 2 aliphatic heterocycles. The van der Waals surface area contributed by atoms with Gasteiger partial charge in [-0.05, 0) is 45.7 Å². The van der Waals surface area contributed by atoms with E-state index in [0.29, 0.717) is 23.8 Å². The molecule has 2 saturated heterocycles. The molecule has 2 aliphatic rings. The maximum Gasteiger partial charge on any atom is 0.252 e. The van der Waals surface area contributed by atoms with Gasteiger partial charge >= 0.3 is 0 Å². The number of aryl methyl sites for hydroxylation is 1. The molecule has 0 bridgehead atoms. The third-order valence-corrected chi connectivity index (χ3v) is 8.69. The Morgan fingerprint density at radius 3 is 2.65 bits per heavy atom. The predicted octanol–water partition coefficient (Wildman–Crippen LogP) is 2.09. The smallest absolute Gasteiger partial charge is 0.252 e. The van der Waals surface area contributed by atoms with Gasteiger partial charge in [-0.1, -0.05) is 0 Å². The summed E-state index contributed by atoms with van der Waals surface area (Å²) in [7, 11) is -3.49. The standard InChI is InChI=1S/C17H27N3O3S2.ClH/c1-12-6-7-16(24-12)25(22,23)19-9-4-5-15(11-19)17(21)20-10-8-18-13(2)14(20)3;/h6-7,13-15,18H,4-5,8-11H2,1-3H3;1H. The van der Waals surface area contributed by atoms with Crippen molar-refractivity contribution in [3.05, 3.63) is 17.0 Å². The average molecular weight is 422 g/mol. The van der Waals surface area contributed by atoms with Gasteiger partial charge in [-0.25, -0.2) is 8.42 Å². The number of piperazine rings is 1. The summed E-state index contributed by atoms with van der Waals surface area (Å²) in [6.45, 7) is 8.32. The lowest BCUT2D eigenvalue weighted by Gasteiger charge is -2.41. The number of carbonyl (C=O) groups excluding carboxylic acids is 1. The maximum absolute atomic E-state index is 13.0. The van der Waals surface area contributed by atoms with Gasteiger partial charge < -0.3 is 10.2 Å². The number of carbonyl (C=O) groups is 1. The first-order valence-electron chi connectivity index (χ1n) is 8.91. The minimum absolute atomic E-state index is 0. The fraction of sp³-hybridized carbons (Fsp3) is 0.706. The van der Waals surface area contributed by atoms with Crippen LogP contribution in [0.15, 0.2) is 16.3 Å². The Balaban J connectivity index is 0.00000243. The Labute approximate surface area is 166 Å². The quantitative estimate of drug-likeness (QED) is 0.811. The topological polar surface area (TPSA) is 69.7 Å². The monoisotopic (exact) mass is 421 g/mol. The number of hydrogen-bond donors (Lipinski definition) is 1. The summed E-state index contributed by atoms with van der Waals surface area (Å²) < 4.78 is 27.6. The average Bonchev–Trinajstić information content (AvgIpc) is 3.04. The maximum atomic E-state index is 13.0. The molecular weight excluding hydrogens is 394 g/mol. The van der Waals surface area contributed by atoms with E-state index < -0.39 is 10.0 Å². The van der Waals surface area contributed by atoms with Crippen molar-refractivity contribution in [2.45, 2.75) is 49.9 Å². The van der Waals surface area contributed by atoms with Gasteiger partial charge in [0.2, 0.25) is 5.91 Å². The van der Waals surface area contributed by atoms with Gasteiger partial charge in [-0.2, -0.15) is 4.31 Å². The molecule has 0 aliphatic carbocycles. The van der Waals surface area contributed by atoms with Gasteiger partial charge in [-0.15, -0.1) is 23.7 Å². The third kappa shape index (κ3) is 4.25. The molecule has 2 fully saturated rings. The summed E-state index contributed by atoms with van der Waals surface area (Å²) in [4.78, 5) is 15.9. The van der Waals surface area contributed by atoms with Crippen LogP contribution in [-0.4, -0.2) is 61.8 Å². The SMILES string of the molecule is Cc1ccc(S(=O)(=O)N2CCCC(C(=O)N3CCNC(C)C3C)C2)s1.Cl. The van der Waals surface area contributed by atoms with Crippen molar-refractivity contribution < 1.29 is 13.2 Å². The second-order valence-corrected chi connectivity index (χ2v) is 10.5. The first kappa shape index (κ1) is 21.6. The third-order valence-electron chi connectivity index (χ3n) is 5.36. The number of thiophene rings is 1. The lowest BCUT2D eigenvalue weighted by molar-refractivity contribution is -0.140. The van der Waals surface area contributed by atoms with Crippen molar-refractivity contribution in [3.63, 3.8) is 0 Å². The molecule has 0 radical (unpaired) electrons. The van der Waals surface area contributed by atoms with Crippen LogP contribution in [0.3, 0.4) is 0 Å². The number of piperidine rings is 1. The zero-order valence-corrected chi connectivity index (χ0v) is 17.9. The van der Waals surface area contributed by atoms with Crippen molar-refractivity contribution in [2.24, 2.45) is 5.92 Å². The summed E-state index contributed by atoms with van der Waals surface area (Å²) in [5.74, 6) is -0.138. The van der Waals surface area contributed by atoms with Crippen LogP contribution in [0.4, 0.5) is 0 Å². The van der Waals surface area contributed by atoms with E-state index in [-0.39, 0.29) is 36.3 Å². The minimum Gasteiger partial charge on any atom is -0.337 e. The van der Waals surface area contributed by atoms with E-state index in [1.54, 1.807) is 6.07 Å². The highest BCUT2D eigenvalue weighted by atomic mass is 35.5. The lowest BCUT2D eigenvalue weighted by Crippen LogP contribution is -2.59. The molecule has 1 N–H and O–H groups in total. The van der Waals surface area contributed by atoms with E-state index in [1.807, 2.05) is 17.9 Å². The summed E-state index contributed by atoms with van der Waals surface area (Å²) in [5, 5.41) is 3.38. The van der Waals surface area contributed by atoms with Gasteiger partial charge in [0.25, 0.3) is 10.0 Å². The number of halogens is 1. The number of nitrogens with one attached hydrogen (secondary N) is 1. The molecule has 0 spiro atoms. The van der Waals surface area contributed by atoms with Gasteiger partial charge in [0, 0.05) is 43.1 Å². The predicted molar refractivity (Wildman–Crippen MR) is 106 cm³/mol. The van der Waals surface area contributed by atoms with Crippen LogP contribution in [0.1, 0.15) is 31.6 Å². The van der Waals surface area contributed by atoms with Gasteiger partial charge in [0.05, 0.1) is 5.92 Å². The molecule has 3 rings (SSSR count). The zero-order chi connectivity index (χ0) is 18.2. The molecule has 0 aromatic carbocycles. The van der Waals surface area contributed by atoms with Crippen molar-refractivity contribution in [2.75, 3.05) is 26.2 Å². The Hall–Kier alpha value is -0.670. The van der Waals surface area contributed by atoms with Gasteiger partial charge in [0.1, 0.15) is 4.21 Å². The fourth-order valence-electron chi connectivity index (χ4n) is 3.64. The summed E-state index contributed by atoms with van der Waals surface area (Å²) >= 11 is 1.29. The van der Waals surface area contributed by atoms with E-state index >= 15 is 0 Å². The first-order valence-corrected chi connectivity index (χ1v) is 11.2. The molecular formula is C17H28ClN3O3S2. The second kappa shape index (κ2) is 8.56. The number of hydrogen-bond acceptors (Lipinski definition) is 5.